The molecule has 1 heterocycles. The molecule has 0 amide bonds. The number of benzene rings is 1. The van der Waals surface area contributed by atoms with Crippen molar-refractivity contribution in [3.8, 4) is 11.4 Å². The van der Waals surface area contributed by atoms with Gasteiger partial charge >= 0.3 is 0 Å². The first-order valence-electron chi connectivity index (χ1n) is 6.32. The van der Waals surface area contributed by atoms with Crippen molar-refractivity contribution in [2.45, 2.75) is 13.5 Å². The summed E-state index contributed by atoms with van der Waals surface area (Å²) < 4.78 is 20.0. The molecule has 1 aromatic carbocycles. The molecule has 0 aliphatic carbocycles. The Bertz CT molecular complexity index is 627. The molecule has 7 heteroatoms. The average Bonchev–Trinajstić information content (AvgIpc) is 2.46. The molecule has 2 aromatic rings. The molecule has 0 radical (unpaired) electrons. The summed E-state index contributed by atoms with van der Waals surface area (Å²) in [6, 6.07) is 4.74. The summed E-state index contributed by atoms with van der Waals surface area (Å²) in [5.74, 6) is 0.322. The van der Waals surface area contributed by atoms with Crippen molar-refractivity contribution in [2.75, 3.05) is 19.0 Å². The Morgan fingerprint density at radius 3 is 2.81 bits per heavy atom. The molecule has 1 N–H and O–H groups in total. The van der Waals surface area contributed by atoms with Gasteiger partial charge in [-0.3, -0.25) is 0 Å². The number of rotatable bonds is 5. The van der Waals surface area contributed by atoms with Crippen molar-refractivity contribution < 1.29 is 9.13 Å². The zero-order valence-corrected chi connectivity index (χ0v) is 13.9. The van der Waals surface area contributed by atoms with Gasteiger partial charge in [0.15, 0.2) is 11.6 Å². The SMILES string of the molecule is CCNc1nc(-c2cccc(Cl)c2F)nc(COC)c1Br. The second-order valence-electron chi connectivity index (χ2n) is 4.22. The minimum Gasteiger partial charge on any atom is -0.378 e. The van der Waals surface area contributed by atoms with Gasteiger partial charge in [0, 0.05) is 13.7 Å². The molecule has 1 aromatic heterocycles. The van der Waals surface area contributed by atoms with Crippen molar-refractivity contribution in [3.63, 3.8) is 0 Å². The van der Waals surface area contributed by atoms with Crippen LogP contribution in [0.4, 0.5) is 10.2 Å². The van der Waals surface area contributed by atoms with Gasteiger partial charge in [-0.05, 0) is 35.0 Å². The number of hydrogen-bond acceptors (Lipinski definition) is 4. The summed E-state index contributed by atoms with van der Waals surface area (Å²) in [5, 5.41) is 3.15. The fourth-order valence-electron chi connectivity index (χ4n) is 1.81. The van der Waals surface area contributed by atoms with Crippen LogP contribution in [0.2, 0.25) is 5.02 Å². The monoisotopic (exact) mass is 373 g/mol. The van der Waals surface area contributed by atoms with Crippen molar-refractivity contribution in [1.82, 2.24) is 9.97 Å². The third-order valence-corrected chi connectivity index (χ3v) is 3.86. The van der Waals surface area contributed by atoms with Gasteiger partial charge in [-0.15, -0.1) is 0 Å². The molecule has 0 aliphatic rings. The maximum atomic E-state index is 14.1. The Morgan fingerprint density at radius 2 is 2.14 bits per heavy atom. The van der Waals surface area contributed by atoms with Crippen LogP contribution in [0.25, 0.3) is 11.4 Å². The van der Waals surface area contributed by atoms with E-state index in [0.29, 0.717) is 22.5 Å². The van der Waals surface area contributed by atoms with Crippen LogP contribution in [-0.4, -0.2) is 23.6 Å². The van der Waals surface area contributed by atoms with Crippen molar-refractivity contribution in [1.29, 1.82) is 0 Å². The second-order valence-corrected chi connectivity index (χ2v) is 5.42. The number of nitrogens with zero attached hydrogens (tertiary/aromatic N) is 2. The van der Waals surface area contributed by atoms with E-state index in [4.69, 9.17) is 16.3 Å². The highest BCUT2D eigenvalue weighted by atomic mass is 79.9. The largest absolute Gasteiger partial charge is 0.378 e. The van der Waals surface area contributed by atoms with Gasteiger partial charge in [0.25, 0.3) is 0 Å². The summed E-state index contributed by atoms with van der Waals surface area (Å²) in [7, 11) is 1.57. The maximum absolute atomic E-state index is 14.1. The van der Waals surface area contributed by atoms with E-state index in [0.717, 1.165) is 0 Å². The van der Waals surface area contributed by atoms with Crippen molar-refractivity contribution in [2.24, 2.45) is 0 Å². The Morgan fingerprint density at radius 1 is 1.38 bits per heavy atom. The highest BCUT2D eigenvalue weighted by Gasteiger charge is 2.16. The maximum Gasteiger partial charge on any atom is 0.164 e. The number of nitrogens with one attached hydrogen (secondary N) is 1. The lowest BCUT2D eigenvalue weighted by atomic mass is 10.2. The number of aromatic nitrogens is 2. The van der Waals surface area contributed by atoms with Gasteiger partial charge in [-0.1, -0.05) is 17.7 Å². The molecule has 0 saturated carbocycles. The van der Waals surface area contributed by atoms with Gasteiger partial charge in [0.2, 0.25) is 0 Å². The van der Waals surface area contributed by atoms with Crippen molar-refractivity contribution in [3.05, 3.63) is 39.2 Å². The van der Waals surface area contributed by atoms with Crippen LogP contribution in [0.15, 0.2) is 22.7 Å². The van der Waals surface area contributed by atoms with Crippen LogP contribution in [0, 0.1) is 5.82 Å². The second kappa shape index (κ2) is 7.15. The summed E-state index contributed by atoms with van der Waals surface area (Å²) in [4.78, 5) is 8.71. The zero-order valence-electron chi connectivity index (χ0n) is 11.6. The van der Waals surface area contributed by atoms with Crippen LogP contribution in [0.3, 0.4) is 0 Å². The third-order valence-electron chi connectivity index (χ3n) is 2.74. The standard InChI is InChI=1S/C14H14BrClFN3O/c1-3-18-14-11(15)10(7-21-2)19-13(20-14)8-5-4-6-9(16)12(8)17/h4-6H,3,7H2,1-2H3,(H,18,19,20). The fourth-order valence-corrected chi connectivity index (χ4v) is 2.41. The zero-order chi connectivity index (χ0) is 15.4. The highest BCUT2D eigenvalue weighted by molar-refractivity contribution is 9.10. The summed E-state index contributed by atoms with van der Waals surface area (Å²) in [6.45, 7) is 2.92. The van der Waals surface area contributed by atoms with E-state index in [9.17, 15) is 4.39 Å². The number of ether oxygens (including phenoxy) is 1. The first-order valence-corrected chi connectivity index (χ1v) is 7.49. The Labute approximate surface area is 135 Å². The number of hydrogen-bond donors (Lipinski definition) is 1. The molecule has 0 saturated heterocycles. The number of anilines is 1. The van der Waals surface area contributed by atoms with Crippen LogP contribution in [0.5, 0.6) is 0 Å². The lowest BCUT2D eigenvalue weighted by molar-refractivity contribution is 0.181. The lowest BCUT2D eigenvalue weighted by Gasteiger charge is -2.12. The summed E-state index contributed by atoms with van der Waals surface area (Å²) in [6.07, 6.45) is 0. The molecule has 0 unspecified atom stereocenters. The summed E-state index contributed by atoms with van der Waals surface area (Å²) in [5.41, 5.74) is 0.893. The lowest BCUT2D eigenvalue weighted by Crippen LogP contribution is -2.07. The van der Waals surface area contributed by atoms with Crippen LogP contribution >= 0.6 is 27.5 Å². The van der Waals surface area contributed by atoms with Crippen LogP contribution in [-0.2, 0) is 11.3 Å². The molecule has 21 heavy (non-hydrogen) atoms. The summed E-state index contributed by atoms with van der Waals surface area (Å²) >= 11 is 9.25. The third kappa shape index (κ3) is 3.51. The molecule has 4 nitrogen and oxygen atoms in total. The van der Waals surface area contributed by atoms with Gasteiger partial charge in [0.05, 0.1) is 27.4 Å². The normalized spacial score (nSPS) is 10.7. The topological polar surface area (TPSA) is 47.0 Å². The van der Waals surface area contributed by atoms with E-state index in [1.165, 1.54) is 6.07 Å². The number of methoxy groups -OCH3 is 1. The first kappa shape index (κ1) is 16.1. The van der Waals surface area contributed by atoms with E-state index in [-0.39, 0.29) is 23.0 Å². The molecule has 0 bridgehead atoms. The van der Waals surface area contributed by atoms with E-state index < -0.39 is 5.82 Å². The van der Waals surface area contributed by atoms with Gasteiger partial charge in [-0.25, -0.2) is 14.4 Å². The van der Waals surface area contributed by atoms with Crippen LogP contribution < -0.4 is 5.32 Å². The van der Waals surface area contributed by atoms with Crippen molar-refractivity contribution >= 4 is 33.3 Å². The number of halogens is 3. The predicted molar refractivity (Wildman–Crippen MR) is 85.0 cm³/mol. The first-order chi connectivity index (χ1) is 10.1. The molecule has 0 atom stereocenters. The Kier molecular flexibility index (Phi) is 5.50. The average molecular weight is 375 g/mol. The smallest absolute Gasteiger partial charge is 0.164 e. The molecular formula is C14H14BrClFN3O. The fraction of sp³-hybridized carbons (Fsp3) is 0.286. The molecular weight excluding hydrogens is 361 g/mol. The Hall–Kier alpha value is -1.24. The predicted octanol–water partition coefficient (Wildman–Crippen LogP) is 4.28. The molecule has 0 spiro atoms. The molecule has 2 rings (SSSR count). The van der Waals surface area contributed by atoms with E-state index in [2.05, 4.69) is 31.2 Å². The highest BCUT2D eigenvalue weighted by Crippen LogP contribution is 2.30. The van der Waals surface area contributed by atoms with Crippen LogP contribution in [0.1, 0.15) is 12.6 Å². The van der Waals surface area contributed by atoms with E-state index >= 15 is 0 Å². The minimum atomic E-state index is -0.535. The Balaban J connectivity index is 2.60. The molecule has 0 aliphatic heterocycles. The molecule has 0 fully saturated rings. The van der Waals surface area contributed by atoms with E-state index in [1.807, 2.05) is 6.92 Å². The quantitative estimate of drug-likeness (QED) is 0.849. The van der Waals surface area contributed by atoms with Gasteiger partial charge in [0.1, 0.15) is 5.82 Å². The van der Waals surface area contributed by atoms with Gasteiger partial charge in [-0.2, -0.15) is 0 Å². The van der Waals surface area contributed by atoms with E-state index in [1.54, 1.807) is 19.2 Å². The molecule has 112 valence electrons. The van der Waals surface area contributed by atoms with Gasteiger partial charge < -0.3 is 10.1 Å². The minimum absolute atomic E-state index is 0.0392.